The van der Waals surface area contributed by atoms with Crippen LogP contribution in [0.4, 0.5) is 17.1 Å². The zero-order valence-corrected chi connectivity index (χ0v) is 40.8. The third kappa shape index (κ3) is 14.9. The number of rotatable bonds is 8. The average Bonchev–Trinajstić information content (AvgIpc) is 3.27. The van der Waals surface area contributed by atoms with E-state index in [1.165, 1.54) is 11.3 Å². The van der Waals surface area contributed by atoms with Crippen LogP contribution in [-0.2, 0) is 42.1 Å². The van der Waals surface area contributed by atoms with Crippen LogP contribution in [0.25, 0.3) is 33.3 Å². The van der Waals surface area contributed by atoms with Gasteiger partial charge in [0.25, 0.3) is 0 Å². The zero-order chi connectivity index (χ0) is 41.2. The molecular weight excluding hydrogens is 1100 g/mol. The summed E-state index contributed by atoms with van der Waals surface area (Å²) >= 11 is 0. The number of benzene rings is 4. The summed E-state index contributed by atoms with van der Waals surface area (Å²) in [6, 6.07) is 45.5. The molecule has 7 heteroatoms. The molecule has 60 heavy (non-hydrogen) atoms. The van der Waals surface area contributed by atoms with E-state index in [1.54, 1.807) is 20.2 Å². The van der Waals surface area contributed by atoms with Gasteiger partial charge in [0.1, 0.15) is 0 Å². The molecule has 0 saturated heterocycles. The number of pyridine rings is 2. The molecule has 0 saturated carbocycles. The summed E-state index contributed by atoms with van der Waals surface area (Å²) in [4.78, 5) is 16.9. The number of aromatic nitrogens is 2. The Bertz CT molecular complexity index is 2290. The second kappa shape index (κ2) is 27.0. The van der Waals surface area contributed by atoms with E-state index >= 15 is 0 Å². The smallest absolute Gasteiger partial charge is 0.365 e. The molecule has 2 aromatic heterocycles. The van der Waals surface area contributed by atoms with Crippen LogP contribution in [0.2, 0.25) is 0 Å². The Balaban J connectivity index is 0.000000511. The van der Waals surface area contributed by atoms with Gasteiger partial charge in [-0.25, -0.2) is 12.7 Å². The number of fused-ring (bicyclic) bond motifs is 1. The van der Waals surface area contributed by atoms with Gasteiger partial charge < -0.3 is 39.1 Å². The molecule has 0 bridgehead atoms. The van der Waals surface area contributed by atoms with Gasteiger partial charge in [0, 0.05) is 58.9 Å². The fourth-order valence-electron chi connectivity index (χ4n) is 6.07. The normalized spacial score (nSPS) is 11.4. The Morgan fingerprint density at radius 2 is 1.37 bits per heavy atom. The first kappa shape index (κ1) is 53.1. The van der Waals surface area contributed by atoms with Gasteiger partial charge in [-0.1, -0.05) is 93.1 Å². The van der Waals surface area contributed by atoms with Crippen molar-refractivity contribution in [2.45, 2.75) is 47.5 Å². The second-order valence-corrected chi connectivity index (χ2v) is 14.0. The Morgan fingerprint density at radius 1 is 0.783 bits per heavy atom. The average molecular weight is 1160 g/mol. The monoisotopic (exact) mass is 1150 g/mol. The first-order valence-electron chi connectivity index (χ1n) is 19.2. The molecule has 0 aliphatic heterocycles. The Hall–Kier alpha value is -4.95. The third-order valence-corrected chi connectivity index (χ3v) is 9.28. The van der Waals surface area contributed by atoms with Gasteiger partial charge in [0.05, 0.1) is 0 Å². The van der Waals surface area contributed by atoms with E-state index in [-0.39, 0.29) is 55.0 Å². The molecule has 6 aromatic rings. The van der Waals surface area contributed by atoms with Crippen molar-refractivity contribution in [1.29, 1.82) is 0 Å². The standard InChI is InChI=1S/C25H18N2.C22H25N2.C3H7N.C2H5.CH3.2Pt/c1-3-19(2)27(23-13-5-4-6-14-23)24-15-9-12-21(16-24)25-17-20-10-7-8-11-22(20)18-26-25;1-22(2,3)18-11-13-19(14-12-18)24(4)20-9-7-8-17(16-20)21-10-5-6-15-23-21;1-3-4-2;1-2;;;/h4-15,17-18H,1-2H2;5-11,13,15H,12,14H2,1-4H3;3H,1-2H3;1H2,2H3;1H3;;/q-2;-1;;2*-1;;+2. The summed E-state index contributed by atoms with van der Waals surface area (Å²) in [5, 5.41) is 2.28. The van der Waals surface area contributed by atoms with E-state index < -0.39 is 0 Å². The van der Waals surface area contributed by atoms with E-state index in [0.29, 0.717) is 5.70 Å². The van der Waals surface area contributed by atoms with E-state index in [0.717, 1.165) is 63.2 Å². The predicted octanol–water partition coefficient (Wildman–Crippen LogP) is 14.0. The van der Waals surface area contributed by atoms with Gasteiger partial charge in [-0.05, 0) is 89.2 Å². The topological polar surface area (TPSA) is 44.6 Å². The molecule has 1 aliphatic rings. The zero-order valence-electron chi connectivity index (χ0n) is 36.3. The van der Waals surface area contributed by atoms with Crippen molar-refractivity contribution in [3.8, 4) is 22.5 Å². The van der Waals surface area contributed by atoms with Crippen LogP contribution in [0.3, 0.4) is 0 Å². The second-order valence-electron chi connectivity index (χ2n) is 14.0. The van der Waals surface area contributed by atoms with E-state index in [2.05, 4.69) is 135 Å². The quantitative estimate of drug-likeness (QED) is 0.0865. The fourth-order valence-corrected chi connectivity index (χ4v) is 6.07. The summed E-state index contributed by atoms with van der Waals surface area (Å²) < 4.78 is 0. The van der Waals surface area contributed by atoms with Crippen molar-refractivity contribution in [3.05, 3.63) is 202 Å². The number of hydrogen-bond donors (Lipinski definition) is 0. The van der Waals surface area contributed by atoms with Crippen LogP contribution < -0.4 is 9.80 Å². The third-order valence-electron chi connectivity index (χ3n) is 9.28. The number of allylic oxidation sites excluding steroid dienone is 5. The maximum Gasteiger partial charge on any atom is 2.00 e. The maximum absolute atomic E-state index is 4.62. The molecule has 0 atom stereocenters. The van der Waals surface area contributed by atoms with Gasteiger partial charge in [-0.15, -0.1) is 65.4 Å². The molecule has 2 heterocycles. The molecule has 0 unspecified atom stereocenters. The summed E-state index contributed by atoms with van der Waals surface area (Å²) in [6.07, 6.45) is 15.1. The van der Waals surface area contributed by atoms with Crippen LogP contribution in [0, 0.1) is 38.0 Å². The van der Waals surface area contributed by atoms with Gasteiger partial charge >= 0.3 is 21.1 Å². The van der Waals surface area contributed by atoms with Crippen molar-refractivity contribution in [2.75, 3.05) is 23.9 Å². The number of anilines is 3. The summed E-state index contributed by atoms with van der Waals surface area (Å²) in [5.41, 5.74) is 10.5. The molecule has 7 rings (SSSR count). The van der Waals surface area contributed by atoms with Crippen molar-refractivity contribution < 1.29 is 42.1 Å². The van der Waals surface area contributed by atoms with E-state index in [4.69, 9.17) is 0 Å². The molecule has 5 nitrogen and oxygen atoms in total. The van der Waals surface area contributed by atoms with Crippen LogP contribution in [-0.4, -0.2) is 30.3 Å². The molecule has 0 N–H and O–H groups in total. The molecule has 0 radical (unpaired) electrons. The molecular formula is C53H58N5Pt2-3. The molecule has 1 aliphatic carbocycles. The van der Waals surface area contributed by atoms with Gasteiger partial charge in [0.15, 0.2) is 0 Å². The maximum atomic E-state index is 4.62. The first-order valence-corrected chi connectivity index (χ1v) is 19.2. The fraction of sp³-hybridized carbons (Fsp3) is 0.189. The van der Waals surface area contributed by atoms with Gasteiger partial charge in [-0.2, -0.15) is 13.5 Å². The largest absolute Gasteiger partial charge is 2.00 e. The van der Waals surface area contributed by atoms with Crippen molar-refractivity contribution >= 4 is 34.0 Å². The first-order chi connectivity index (χ1) is 27.6. The van der Waals surface area contributed by atoms with Gasteiger partial charge in [0.2, 0.25) is 0 Å². The van der Waals surface area contributed by atoms with Crippen LogP contribution in [0.1, 0.15) is 47.5 Å². The number of aliphatic imine (C=N–C) groups is 1. The van der Waals surface area contributed by atoms with E-state index in [9.17, 15) is 0 Å². The minimum atomic E-state index is 0. The van der Waals surface area contributed by atoms with Crippen molar-refractivity contribution in [1.82, 2.24) is 9.97 Å². The van der Waals surface area contributed by atoms with Crippen molar-refractivity contribution in [3.63, 3.8) is 0 Å². The van der Waals surface area contributed by atoms with Gasteiger partial charge in [-0.3, -0.25) is 0 Å². The Labute approximate surface area is 390 Å². The van der Waals surface area contributed by atoms with Crippen LogP contribution >= 0.6 is 0 Å². The summed E-state index contributed by atoms with van der Waals surface area (Å²) in [5.74, 6) is 0. The number of nitrogens with zero attached hydrogens (tertiary/aromatic N) is 5. The number of para-hydroxylation sites is 1. The molecule has 0 amide bonds. The van der Waals surface area contributed by atoms with Crippen LogP contribution in [0.15, 0.2) is 175 Å². The Kier molecular flexibility index (Phi) is 23.9. The molecule has 0 fully saturated rings. The molecule has 0 spiro atoms. The number of hydrogen-bond acceptors (Lipinski definition) is 5. The predicted molar refractivity (Wildman–Crippen MR) is 252 cm³/mol. The minimum Gasteiger partial charge on any atom is -0.365 e. The summed E-state index contributed by atoms with van der Waals surface area (Å²) in [6.45, 7) is 21.6. The SMILES string of the molecule is C=[C-]C(=C)N(c1[c-]c(-c2cc3ccccc3cn2)ccc1)c1ccccc1.CC=NC.CN(C1=CC=C(C(C)(C)C)CC1)c1[c-]c(-c2ccccn2)ccc1.[CH2-]C.[CH3-].[Pt+2].[Pt]. The molecule has 4 aromatic carbocycles. The van der Waals surface area contributed by atoms with Crippen LogP contribution in [0.5, 0.6) is 0 Å². The Morgan fingerprint density at radius 3 is 1.93 bits per heavy atom. The van der Waals surface area contributed by atoms with E-state index in [1.807, 2.05) is 103 Å². The molecule has 318 valence electrons. The minimum absolute atomic E-state index is 0. The van der Waals surface area contributed by atoms with Crippen molar-refractivity contribution in [2.24, 2.45) is 10.4 Å². The summed E-state index contributed by atoms with van der Waals surface area (Å²) in [7, 11) is 3.87.